The Morgan fingerprint density at radius 3 is 2.68 bits per heavy atom. The Bertz CT molecular complexity index is 530. The zero-order chi connectivity index (χ0) is 14.1. The number of rotatable bonds is 7. The fourth-order valence-corrected chi connectivity index (χ4v) is 2.95. The number of aromatic amines is 1. The van der Waals surface area contributed by atoms with E-state index in [2.05, 4.69) is 35.8 Å². The lowest BCUT2D eigenvalue weighted by molar-refractivity contribution is 0.530. The van der Waals surface area contributed by atoms with Crippen molar-refractivity contribution in [1.29, 1.82) is 0 Å². The first-order valence-electron chi connectivity index (χ1n) is 6.71. The van der Waals surface area contributed by atoms with Crippen LogP contribution in [0.4, 0.5) is 0 Å². The predicted octanol–water partition coefficient (Wildman–Crippen LogP) is 1.59. The molecule has 0 aromatic carbocycles. The normalized spacial score (nSPS) is 17.9. The van der Waals surface area contributed by atoms with E-state index in [0.717, 1.165) is 18.5 Å². The first-order chi connectivity index (χ1) is 8.81. The summed E-state index contributed by atoms with van der Waals surface area (Å²) in [5, 5.41) is 3.25. The second kappa shape index (κ2) is 5.26. The quantitative estimate of drug-likeness (QED) is 0.712. The fourth-order valence-electron chi connectivity index (χ4n) is 1.73. The van der Waals surface area contributed by atoms with Gasteiger partial charge in [-0.1, -0.05) is 20.8 Å². The van der Waals surface area contributed by atoms with Crippen LogP contribution in [-0.2, 0) is 16.6 Å². The molecule has 0 unspecified atom stereocenters. The monoisotopic (exact) mass is 285 g/mol. The van der Waals surface area contributed by atoms with Crippen molar-refractivity contribution in [3.05, 3.63) is 18.0 Å². The summed E-state index contributed by atoms with van der Waals surface area (Å²) < 4.78 is 26.9. The molecule has 6 heteroatoms. The third kappa shape index (κ3) is 4.06. The SMILES string of the molecule is CC(C)NCc1cc(S(=O)(=O)NCC2(C)CC2)c[nH]1. The summed E-state index contributed by atoms with van der Waals surface area (Å²) in [6.45, 7) is 7.38. The average Bonchev–Trinajstić information content (AvgIpc) is 2.89. The van der Waals surface area contributed by atoms with E-state index in [-0.39, 0.29) is 5.41 Å². The maximum atomic E-state index is 12.1. The number of hydrogen-bond donors (Lipinski definition) is 3. The van der Waals surface area contributed by atoms with Gasteiger partial charge in [0.25, 0.3) is 0 Å². The molecule has 108 valence electrons. The highest BCUT2D eigenvalue weighted by molar-refractivity contribution is 7.89. The van der Waals surface area contributed by atoms with Crippen molar-refractivity contribution in [2.45, 2.75) is 51.1 Å². The van der Waals surface area contributed by atoms with E-state index in [0.29, 0.717) is 24.0 Å². The molecule has 5 nitrogen and oxygen atoms in total. The highest BCUT2D eigenvalue weighted by atomic mass is 32.2. The molecule has 1 fully saturated rings. The molecule has 2 rings (SSSR count). The molecule has 0 bridgehead atoms. The van der Waals surface area contributed by atoms with Crippen LogP contribution in [0, 0.1) is 5.41 Å². The van der Waals surface area contributed by atoms with E-state index in [1.54, 1.807) is 12.3 Å². The molecule has 1 aliphatic rings. The largest absolute Gasteiger partial charge is 0.363 e. The molecule has 19 heavy (non-hydrogen) atoms. The zero-order valence-corrected chi connectivity index (χ0v) is 12.6. The molecule has 0 radical (unpaired) electrons. The zero-order valence-electron chi connectivity index (χ0n) is 11.8. The minimum Gasteiger partial charge on any atom is -0.363 e. The number of hydrogen-bond acceptors (Lipinski definition) is 3. The third-order valence-electron chi connectivity index (χ3n) is 3.52. The van der Waals surface area contributed by atoms with Gasteiger partial charge in [0.15, 0.2) is 0 Å². The van der Waals surface area contributed by atoms with Crippen LogP contribution in [0.2, 0.25) is 0 Å². The lowest BCUT2D eigenvalue weighted by Gasteiger charge is -2.09. The van der Waals surface area contributed by atoms with E-state index in [1.165, 1.54) is 0 Å². The topological polar surface area (TPSA) is 74.0 Å². The molecule has 1 aromatic heterocycles. The molecule has 0 atom stereocenters. The molecular formula is C13H23N3O2S. The number of H-pyrrole nitrogens is 1. The summed E-state index contributed by atoms with van der Waals surface area (Å²) in [6.07, 6.45) is 3.76. The van der Waals surface area contributed by atoms with Crippen molar-refractivity contribution in [2.24, 2.45) is 5.41 Å². The summed E-state index contributed by atoms with van der Waals surface area (Å²) in [7, 11) is -3.38. The van der Waals surface area contributed by atoms with Crippen molar-refractivity contribution < 1.29 is 8.42 Å². The first-order valence-corrected chi connectivity index (χ1v) is 8.19. The molecule has 1 heterocycles. The first kappa shape index (κ1) is 14.6. The molecule has 0 spiro atoms. The lowest BCUT2D eigenvalue weighted by atomic mass is 10.2. The maximum absolute atomic E-state index is 12.1. The van der Waals surface area contributed by atoms with Gasteiger partial charge in [0.2, 0.25) is 10.0 Å². The maximum Gasteiger partial charge on any atom is 0.242 e. The van der Waals surface area contributed by atoms with Gasteiger partial charge >= 0.3 is 0 Å². The number of sulfonamides is 1. The molecule has 1 aromatic rings. The van der Waals surface area contributed by atoms with Gasteiger partial charge in [-0.25, -0.2) is 13.1 Å². The minimum atomic E-state index is -3.38. The standard InChI is InChI=1S/C13H23N3O2S/c1-10(2)14-7-11-6-12(8-15-11)19(17,18)16-9-13(3)4-5-13/h6,8,10,14-16H,4-5,7,9H2,1-3H3. The number of aromatic nitrogens is 1. The Labute approximate surface area is 115 Å². The summed E-state index contributed by atoms with van der Waals surface area (Å²) in [6, 6.07) is 2.06. The van der Waals surface area contributed by atoms with Crippen molar-refractivity contribution in [1.82, 2.24) is 15.0 Å². The van der Waals surface area contributed by atoms with Crippen LogP contribution in [0.15, 0.2) is 17.2 Å². The number of nitrogens with one attached hydrogen (secondary N) is 3. The smallest absolute Gasteiger partial charge is 0.242 e. The Hall–Kier alpha value is -0.850. The molecule has 0 aliphatic heterocycles. The Kier molecular flexibility index (Phi) is 4.03. The highest BCUT2D eigenvalue weighted by Crippen LogP contribution is 2.44. The van der Waals surface area contributed by atoms with E-state index >= 15 is 0 Å². The molecular weight excluding hydrogens is 262 g/mol. The average molecular weight is 285 g/mol. The van der Waals surface area contributed by atoms with Gasteiger partial charge in [0.1, 0.15) is 0 Å². The summed E-state index contributed by atoms with van der Waals surface area (Å²) in [5.74, 6) is 0. The molecule has 0 amide bonds. The van der Waals surface area contributed by atoms with Gasteiger partial charge in [0.05, 0.1) is 4.90 Å². The van der Waals surface area contributed by atoms with E-state index in [1.807, 2.05) is 0 Å². The second-order valence-electron chi connectivity index (χ2n) is 6.03. The highest BCUT2D eigenvalue weighted by Gasteiger charge is 2.38. The van der Waals surface area contributed by atoms with Crippen molar-refractivity contribution in [3.63, 3.8) is 0 Å². The Morgan fingerprint density at radius 1 is 1.42 bits per heavy atom. The van der Waals surface area contributed by atoms with Gasteiger partial charge in [0, 0.05) is 31.0 Å². The fraction of sp³-hybridized carbons (Fsp3) is 0.692. The van der Waals surface area contributed by atoms with Crippen LogP contribution in [-0.4, -0.2) is 26.0 Å². The molecule has 3 N–H and O–H groups in total. The Morgan fingerprint density at radius 2 is 2.11 bits per heavy atom. The van der Waals surface area contributed by atoms with Gasteiger partial charge in [-0.3, -0.25) is 0 Å². The molecule has 1 aliphatic carbocycles. The summed E-state index contributed by atoms with van der Waals surface area (Å²) >= 11 is 0. The van der Waals surface area contributed by atoms with E-state index < -0.39 is 10.0 Å². The second-order valence-corrected chi connectivity index (χ2v) is 7.80. The third-order valence-corrected chi connectivity index (χ3v) is 4.90. The van der Waals surface area contributed by atoms with Crippen LogP contribution in [0.25, 0.3) is 0 Å². The van der Waals surface area contributed by atoms with Crippen LogP contribution in [0.5, 0.6) is 0 Å². The van der Waals surface area contributed by atoms with Gasteiger partial charge in [-0.2, -0.15) is 0 Å². The van der Waals surface area contributed by atoms with Gasteiger partial charge < -0.3 is 10.3 Å². The van der Waals surface area contributed by atoms with Crippen LogP contribution in [0.3, 0.4) is 0 Å². The van der Waals surface area contributed by atoms with Crippen LogP contribution < -0.4 is 10.0 Å². The van der Waals surface area contributed by atoms with Crippen LogP contribution in [0.1, 0.15) is 39.3 Å². The van der Waals surface area contributed by atoms with Crippen LogP contribution >= 0.6 is 0 Å². The van der Waals surface area contributed by atoms with Crippen molar-refractivity contribution >= 4 is 10.0 Å². The minimum absolute atomic E-state index is 0.172. The summed E-state index contributed by atoms with van der Waals surface area (Å²) in [5.41, 5.74) is 1.05. The van der Waals surface area contributed by atoms with Gasteiger partial charge in [-0.05, 0) is 24.3 Å². The van der Waals surface area contributed by atoms with Gasteiger partial charge in [-0.15, -0.1) is 0 Å². The lowest BCUT2D eigenvalue weighted by Crippen LogP contribution is -2.28. The van der Waals surface area contributed by atoms with Crippen molar-refractivity contribution in [2.75, 3.05) is 6.54 Å². The van der Waals surface area contributed by atoms with E-state index in [9.17, 15) is 8.42 Å². The molecule has 0 saturated heterocycles. The van der Waals surface area contributed by atoms with E-state index in [4.69, 9.17) is 0 Å². The summed E-state index contributed by atoms with van der Waals surface area (Å²) in [4.78, 5) is 3.32. The Balaban J connectivity index is 1.96. The van der Waals surface area contributed by atoms with Crippen molar-refractivity contribution in [3.8, 4) is 0 Å². The molecule has 1 saturated carbocycles. The predicted molar refractivity (Wildman–Crippen MR) is 75.3 cm³/mol.